The third-order valence-electron chi connectivity index (χ3n) is 8.14. The Hall–Kier alpha value is -5.08. The highest BCUT2D eigenvalue weighted by atomic mass is 16.3. The van der Waals surface area contributed by atoms with Crippen LogP contribution in [0.2, 0.25) is 0 Å². The van der Waals surface area contributed by atoms with Crippen molar-refractivity contribution in [2.24, 2.45) is 0 Å². The number of hydrogen-bond acceptors (Lipinski definition) is 2. The Morgan fingerprint density at radius 1 is 0.436 bits per heavy atom. The minimum Gasteiger partial charge on any atom is -0.456 e. The molecule has 1 N–H and O–H groups in total. The number of rotatable bonds is 4. The van der Waals surface area contributed by atoms with Crippen LogP contribution in [0.1, 0.15) is 22.3 Å². The molecule has 2 nitrogen and oxygen atoms in total. The second-order valence-corrected chi connectivity index (χ2v) is 10.2. The highest BCUT2D eigenvalue weighted by Crippen LogP contribution is 2.56. The average molecular weight is 500 g/mol. The summed E-state index contributed by atoms with van der Waals surface area (Å²) in [5.74, 6) is 0. The molecule has 0 spiro atoms. The number of nitrogens with one attached hydrogen (secondary N) is 1. The first kappa shape index (κ1) is 22.0. The van der Waals surface area contributed by atoms with Crippen molar-refractivity contribution in [2.45, 2.75) is 5.41 Å². The molecule has 1 aliphatic carbocycles. The standard InChI is InChI=1S/C37H25NO/c1-2-10-25(11-3-1)37(33-15-7-4-12-29(33)30-13-5-8-16-34(30)37)26-18-20-27(21-19-26)38-28-22-23-36-32(24-28)31-14-6-9-17-35(31)39-36/h1-24,38H. The van der Waals surface area contributed by atoms with Gasteiger partial charge in [-0.15, -0.1) is 0 Å². The van der Waals surface area contributed by atoms with Crippen LogP contribution < -0.4 is 5.32 Å². The Morgan fingerprint density at radius 3 is 1.74 bits per heavy atom. The Bertz CT molecular complexity index is 1940. The Morgan fingerprint density at radius 2 is 1.00 bits per heavy atom. The van der Waals surface area contributed by atoms with E-state index in [1.54, 1.807) is 0 Å². The van der Waals surface area contributed by atoms with E-state index in [-0.39, 0.29) is 5.41 Å². The van der Waals surface area contributed by atoms with Gasteiger partial charge in [-0.3, -0.25) is 0 Å². The summed E-state index contributed by atoms with van der Waals surface area (Å²) in [6.07, 6.45) is 0. The molecule has 184 valence electrons. The van der Waals surface area contributed by atoms with E-state index in [0.717, 1.165) is 33.3 Å². The van der Waals surface area contributed by atoms with Gasteiger partial charge in [-0.1, -0.05) is 109 Å². The summed E-state index contributed by atoms with van der Waals surface area (Å²) in [6, 6.07) is 52.0. The zero-order valence-corrected chi connectivity index (χ0v) is 21.3. The molecule has 1 heterocycles. The second-order valence-electron chi connectivity index (χ2n) is 10.2. The minimum absolute atomic E-state index is 0.373. The van der Waals surface area contributed by atoms with Gasteiger partial charge in [-0.05, 0) is 69.8 Å². The number of furan rings is 1. The van der Waals surface area contributed by atoms with E-state index >= 15 is 0 Å². The first-order valence-corrected chi connectivity index (χ1v) is 13.4. The van der Waals surface area contributed by atoms with Crippen molar-refractivity contribution in [3.8, 4) is 11.1 Å². The molecule has 0 saturated carbocycles. The normalized spacial score (nSPS) is 13.3. The molecule has 0 bridgehead atoms. The molecule has 0 fully saturated rings. The van der Waals surface area contributed by atoms with E-state index < -0.39 is 0 Å². The molecule has 1 aromatic heterocycles. The van der Waals surface area contributed by atoms with Gasteiger partial charge in [0.1, 0.15) is 11.2 Å². The first-order valence-electron chi connectivity index (χ1n) is 13.4. The van der Waals surface area contributed by atoms with Crippen LogP contribution >= 0.6 is 0 Å². The molecule has 8 rings (SSSR count). The molecular formula is C37H25NO. The number of hydrogen-bond donors (Lipinski definition) is 1. The maximum atomic E-state index is 6.01. The van der Waals surface area contributed by atoms with Gasteiger partial charge in [0, 0.05) is 22.1 Å². The zero-order chi connectivity index (χ0) is 25.8. The summed E-state index contributed by atoms with van der Waals surface area (Å²) in [7, 11) is 0. The smallest absolute Gasteiger partial charge is 0.135 e. The molecular weight excluding hydrogens is 474 g/mol. The summed E-state index contributed by atoms with van der Waals surface area (Å²) in [4.78, 5) is 0. The molecule has 7 aromatic rings. The third kappa shape index (κ3) is 3.22. The monoisotopic (exact) mass is 499 g/mol. The number of benzene rings is 6. The lowest BCUT2D eigenvalue weighted by Crippen LogP contribution is -2.28. The Balaban J connectivity index is 1.24. The van der Waals surface area contributed by atoms with Gasteiger partial charge < -0.3 is 9.73 Å². The fourth-order valence-electron chi connectivity index (χ4n) is 6.49. The Kier molecular flexibility index (Phi) is 4.77. The lowest BCUT2D eigenvalue weighted by molar-refractivity contribution is 0.669. The second kappa shape index (κ2) is 8.47. The summed E-state index contributed by atoms with van der Waals surface area (Å²) < 4.78 is 6.01. The van der Waals surface area contributed by atoms with Crippen molar-refractivity contribution in [3.63, 3.8) is 0 Å². The predicted octanol–water partition coefficient (Wildman–Crippen LogP) is 9.69. The summed E-state index contributed by atoms with van der Waals surface area (Å²) >= 11 is 0. The summed E-state index contributed by atoms with van der Waals surface area (Å²) in [5, 5.41) is 5.87. The van der Waals surface area contributed by atoms with E-state index in [1.807, 2.05) is 18.2 Å². The van der Waals surface area contributed by atoms with Crippen LogP contribution in [-0.2, 0) is 5.41 Å². The van der Waals surface area contributed by atoms with Gasteiger partial charge in [-0.25, -0.2) is 0 Å². The minimum atomic E-state index is -0.373. The SMILES string of the molecule is c1ccc(C2(c3ccc(Nc4ccc5oc6ccccc6c5c4)cc3)c3ccccc3-c3ccccc32)cc1. The number of para-hydroxylation sites is 1. The van der Waals surface area contributed by atoms with Gasteiger partial charge in [0.15, 0.2) is 0 Å². The van der Waals surface area contributed by atoms with Crippen LogP contribution in [0, 0.1) is 0 Å². The van der Waals surface area contributed by atoms with E-state index in [2.05, 4.69) is 133 Å². The van der Waals surface area contributed by atoms with Crippen LogP contribution in [0.25, 0.3) is 33.1 Å². The van der Waals surface area contributed by atoms with Gasteiger partial charge >= 0.3 is 0 Å². The van der Waals surface area contributed by atoms with Crippen molar-refractivity contribution >= 4 is 33.3 Å². The molecule has 0 radical (unpaired) electrons. The fraction of sp³-hybridized carbons (Fsp3) is 0.0270. The highest BCUT2D eigenvalue weighted by molar-refractivity contribution is 6.06. The molecule has 6 aromatic carbocycles. The fourth-order valence-corrected chi connectivity index (χ4v) is 6.49. The maximum absolute atomic E-state index is 6.01. The molecule has 0 atom stereocenters. The molecule has 2 heteroatoms. The van der Waals surface area contributed by atoms with Crippen molar-refractivity contribution in [1.82, 2.24) is 0 Å². The molecule has 0 amide bonds. The Labute approximate surface area is 227 Å². The van der Waals surface area contributed by atoms with Gasteiger partial charge in [-0.2, -0.15) is 0 Å². The first-order chi connectivity index (χ1) is 19.3. The molecule has 39 heavy (non-hydrogen) atoms. The zero-order valence-electron chi connectivity index (χ0n) is 21.3. The molecule has 0 aliphatic heterocycles. The molecule has 0 unspecified atom stereocenters. The van der Waals surface area contributed by atoms with Crippen molar-refractivity contribution in [1.29, 1.82) is 0 Å². The maximum Gasteiger partial charge on any atom is 0.135 e. The lowest BCUT2D eigenvalue weighted by atomic mass is 9.68. The lowest BCUT2D eigenvalue weighted by Gasteiger charge is -2.34. The predicted molar refractivity (Wildman–Crippen MR) is 161 cm³/mol. The highest BCUT2D eigenvalue weighted by Gasteiger charge is 2.45. The van der Waals surface area contributed by atoms with Gasteiger partial charge in [0.2, 0.25) is 0 Å². The number of fused-ring (bicyclic) bond motifs is 6. The van der Waals surface area contributed by atoms with E-state index in [4.69, 9.17) is 4.42 Å². The van der Waals surface area contributed by atoms with Gasteiger partial charge in [0.25, 0.3) is 0 Å². The summed E-state index contributed by atoms with van der Waals surface area (Å²) in [6.45, 7) is 0. The van der Waals surface area contributed by atoms with E-state index in [9.17, 15) is 0 Å². The largest absolute Gasteiger partial charge is 0.456 e. The van der Waals surface area contributed by atoms with Crippen LogP contribution in [0.4, 0.5) is 11.4 Å². The van der Waals surface area contributed by atoms with Crippen molar-refractivity contribution in [3.05, 3.63) is 168 Å². The topological polar surface area (TPSA) is 25.2 Å². The van der Waals surface area contributed by atoms with Crippen LogP contribution in [-0.4, -0.2) is 0 Å². The van der Waals surface area contributed by atoms with Gasteiger partial charge in [0.05, 0.1) is 5.41 Å². The van der Waals surface area contributed by atoms with Crippen LogP contribution in [0.5, 0.6) is 0 Å². The molecule has 0 saturated heterocycles. The average Bonchev–Trinajstić information content (AvgIpc) is 3.52. The van der Waals surface area contributed by atoms with E-state index in [0.29, 0.717) is 0 Å². The molecule has 1 aliphatic rings. The van der Waals surface area contributed by atoms with Crippen LogP contribution in [0.15, 0.2) is 150 Å². The van der Waals surface area contributed by atoms with E-state index in [1.165, 1.54) is 33.4 Å². The van der Waals surface area contributed by atoms with Crippen molar-refractivity contribution in [2.75, 3.05) is 5.32 Å². The van der Waals surface area contributed by atoms with Crippen molar-refractivity contribution < 1.29 is 4.42 Å². The quantitative estimate of drug-likeness (QED) is 0.261. The third-order valence-corrected chi connectivity index (χ3v) is 8.14. The number of anilines is 2. The van der Waals surface area contributed by atoms with Crippen LogP contribution in [0.3, 0.4) is 0 Å². The summed E-state index contributed by atoms with van der Waals surface area (Å²) in [5.41, 5.74) is 11.3.